The van der Waals surface area contributed by atoms with E-state index >= 15 is 0 Å². The Labute approximate surface area is 207 Å². The van der Waals surface area contributed by atoms with Crippen LogP contribution >= 0.6 is 23.2 Å². The second-order valence-electron chi connectivity index (χ2n) is 7.52. The number of halogens is 2. The Morgan fingerprint density at radius 2 is 1.76 bits per heavy atom. The minimum Gasteiger partial charge on any atom is -0.482 e. The summed E-state index contributed by atoms with van der Waals surface area (Å²) in [6, 6.07) is 19.5. The predicted octanol–water partition coefficient (Wildman–Crippen LogP) is 5.76. The van der Waals surface area contributed by atoms with E-state index in [2.05, 4.69) is 13.0 Å². The molecule has 1 aliphatic heterocycles. The molecule has 0 spiro atoms. The molecule has 6 nitrogen and oxygen atoms in total. The van der Waals surface area contributed by atoms with Crippen LogP contribution in [0.25, 0.3) is 0 Å². The molecule has 8 heteroatoms. The number of carbonyl (C=O) groups excluding carboxylic acids is 1. The van der Waals surface area contributed by atoms with Crippen molar-refractivity contribution in [3.63, 3.8) is 0 Å². The quantitative estimate of drug-likeness (QED) is 0.345. The van der Waals surface area contributed by atoms with Gasteiger partial charge in [0, 0.05) is 27.2 Å². The Morgan fingerprint density at radius 3 is 2.41 bits per heavy atom. The molecule has 1 unspecified atom stereocenters. The SMILES string of the molecule is CCc1ccc(OCC(=O)Oc2ccc3c(c2)OC(N)=C(C#N)C3c2c(Cl)cccc2Cl)cc1. The minimum absolute atomic E-state index is 0.0710. The molecule has 0 bridgehead atoms. The highest BCUT2D eigenvalue weighted by Crippen LogP contribution is 2.47. The van der Waals surface area contributed by atoms with Gasteiger partial charge in [-0.05, 0) is 42.3 Å². The fraction of sp³-hybridized carbons (Fsp3) is 0.154. The third-order valence-electron chi connectivity index (χ3n) is 5.40. The molecule has 2 N–H and O–H groups in total. The van der Waals surface area contributed by atoms with Crippen molar-refractivity contribution in [1.29, 1.82) is 5.26 Å². The number of rotatable bonds is 6. The van der Waals surface area contributed by atoms with E-state index in [1.165, 1.54) is 11.6 Å². The van der Waals surface area contributed by atoms with E-state index in [9.17, 15) is 10.1 Å². The van der Waals surface area contributed by atoms with Crippen LogP contribution in [0.3, 0.4) is 0 Å². The van der Waals surface area contributed by atoms with Crippen LogP contribution in [0.15, 0.2) is 72.1 Å². The molecular weight excluding hydrogens is 475 g/mol. The van der Waals surface area contributed by atoms with Crippen LogP contribution in [0.2, 0.25) is 10.0 Å². The largest absolute Gasteiger partial charge is 0.482 e. The zero-order valence-electron chi connectivity index (χ0n) is 18.2. The van der Waals surface area contributed by atoms with Crippen molar-refractivity contribution >= 4 is 29.2 Å². The molecule has 3 aromatic carbocycles. The van der Waals surface area contributed by atoms with Crippen LogP contribution < -0.4 is 19.9 Å². The summed E-state index contributed by atoms with van der Waals surface area (Å²) in [4.78, 5) is 12.3. The van der Waals surface area contributed by atoms with Crippen molar-refractivity contribution in [1.82, 2.24) is 0 Å². The molecule has 0 amide bonds. The van der Waals surface area contributed by atoms with E-state index in [0.717, 1.165) is 6.42 Å². The summed E-state index contributed by atoms with van der Waals surface area (Å²) in [6.07, 6.45) is 0.918. The summed E-state index contributed by atoms with van der Waals surface area (Å²) >= 11 is 12.8. The third-order valence-corrected chi connectivity index (χ3v) is 6.06. The Morgan fingerprint density at radius 1 is 1.09 bits per heavy atom. The van der Waals surface area contributed by atoms with E-state index in [4.69, 9.17) is 43.1 Å². The molecule has 1 atom stereocenters. The maximum absolute atomic E-state index is 12.3. The molecule has 172 valence electrons. The molecule has 0 aromatic heterocycles. The highest BCUT2D eigenvalue weighted by Gasteiger charge is 2.33. The summed E-state index contributed by atoms with van der Waals surface area (Å²) in [5, 5.41) is 10.5. The maximum Gasteiger partial charge on any atom is 0.349 e. The maximum atomic E-state index is 12.3. The average Bonchev–Trinajstić information content (AvgIpc) is 2.82. The number of allylic oxidation sites excluding steroid dienone is 1. The van der Waals surface area contributed by atoms with Crippen LogP contribution in [-0.4, -0.2) is 12.6 Å². The normalized spacial score (nSPS) is 14.6. The van der Waals surface area contributed by atoms with Gasteiger partial charge in [-0.15, -0.1) is 0 Å². The predicted molar refractivity (Wildman–Crippen MR) is 129 cm³/mol. The number of carbonyl (C=O) groups is 1. The van der Waals surface area contributed by atoms with Crippen LogP contribution in [0.5, 0.6) is 17.2 Å². The van der Waals surface area contributed by atoms with Gasteiger partial charge in [-0.2, -0.15) is 5.26 Å². The molecule has 1 aliphatic rings. The van der Waals surface area contributed by atoms with Crippen LogP contribution in [0.1, 0.15) is 29.5 Å². The molecule has 4 rings (SSSR count). The number of benzene rings is 3. The summed E-state index contributed by atoms with van der Waals surface area (Å²) < 4.78 is 16.6. The van der Waals surface area contributed by atoms with Gasteiger partial charge in [0.05, 0.1) is 5.92 Å². The molecule has 0 radical (unpaired) electrons. The van der Waals surface area contributed by atoms with Gasteiger partial charge in [0.25, 0.3) is 0 Å². The van der Waals surface area contributed by atoms with Gasteiger partial charge in [-0.3, -0.25) is 0 Å². The minimum atomic E-state index is -0.630. The lowest BCUT2D eigenvalue weighted by molar-refractivity contribution is -0.136. The molecule has 34 heavy (non-hydrogen) atoms. The van der Waals surface area contributed by atoms with Crippen molar-refractivity contribution in [2.45, 2.75) is 19.3 Å². The van der Waals surface area contributed by atoms with Gasteiger partial charge in [0.1, 0.15) is 28.9 Å². The Hall–Kier alpha value is -3.66. The summed E-state index contributed by atoms with van der Waals surface area (Å²) in [5.41, 5.74) is 8.56. The second kappa shape index (κ2) is 10.1. The lowest BCUT2D eigenvalue weighted by Crippen LogP contribution is -2.22. The number of nitriles is 1. The standard InChI is InChI=1S/C26H20Cl2N2O4/c1-2-15-6-8-16(9-7-15)32-14-23(31)33-17-10-11-18-22(12-17)34-26(30)19(13-29)24(18)25-20(27)4-3-5-21(25)28/h3-12,24H,2,14,30H2,1H3. The fourth-order valence-electron chi connectivity index (χ4n) is 3.71. The summed E-state index contributed by atoms with van der Waals surface area (Å²) in [7, 11) is 0. The second-order valence-corrected chi connectivity index (χ2v) is 8.33. The van der Waals surface area contributed by atoms with Gasteiger partial charge in [0.2, 0.25) is 5.88 Å². The van der Waals surface area contributed by atoms with E-state index in [1.54, 1.807) is 42.5 Å². The lowest BCUT2D eigenvalue weighted by atomic mass is 9.83. The van der Waals surface area contributed by atoms with Gasteiger partial charge < -0.3 is 19.9 Å². The zero-order chi connectivity index (χ0) is 24.2. The van der Waals surface area contributed by atoms with Crippen molar-refractivity contribution in [3.05, 3.63) is 98.9 Å². The van der Waals surface area contributed by atoms with Crippen molar-refractivity contribution in [2.75, 3.05) is 6.61 Å². The van der Waals surface area contributed by atoms with Crippen LogP contribution in [0.4, 0.5) is 0 Å². The van der Waals surface area contributed by atoms with Gasteiger partial charge in [-0.1, -0.05) is 54.4 Å². The van der Waals surface area contributed by atoms with E-state index < -0.39 is 11.9 Å². The highest BCUT2D eigenvalue weighted by molar-refractivity contribution is 6.36. The zero-order valence-corrected chi connectivity index (χ0v) is 19.7. The first-order valence-corrected chi connectivity index (χ1v) is 11.2. The molecule has 3 aromatic rings. The number of fused-ring (bicyclic) bond motifs is 1. The summed E-state index contributed by atoms with van der Waals surface area (Å²) in [5.74, 6) is -0.135. The molecule has 0 saturated heterocycles. The smallest absolute Gasteiger partial charge is 0.349 e. The lowest BCUT2D eigenvalue weighted by Gasteiger charge is -2.27. The fourth-order valence-corrected chi connectivity index (χ4v) is 4.32. The molecular formula is C26H20Cl2N2O4. The summed E-state index contributed by atoms with van der Waals surface area (Å²) in [6.45, 7) is 1.80. The number of ether oxygens (including phenoxy) is 3. The number of nitrogens with two attached hydrogens (primary N) is 1. The van der Waals surface area contributed by atoms with Crippen LogP contribution in [0, 0.1) is 11.3 Å². The first-order chi connectivity index (χ1) is 16.4. The highest BCUT2D eigenvalue weighted by atomic mass is 35.5. The number of esters is 1. The number of hydrogen-bond acceptors (Lipinski definition) is 6. The topological polar surface area (TPSA) is 94.6 Å². The van der Waals surface area contributed by atoms with Gasteiger partial charge in [0.15, 0.2) is 6.61 Å². The van der Waals surface area contributed by atoms with Gasteiger partial charge in [-0.25, -0.2) is 4.79 Å². The first kappa shape index (κ1) is 23.5. The van der Waals surface area contributed by atoms with Crippen LogP contribution in [-0.2, 0) is 11.2 Å². The third kappa shape index (κ3) is 4.81. The Kier molecular flexibility index (Phi) is 6.97. The number of aryl methyl sites for hydroxylation is 1. The Bertz CT molecular complexity index is 1290. The van der Waals surface area contributed by atoms with Crippen molar-refractivity contribution in [3.8, 4) is 23.3 Å². The Balaban J connectivity index is 1.55. The van der Waals surface area contributed by atoms with E-state index in [1.807, 2.05) is 12.1 Å². The average molecular weight is 495 g/mol. The first-order valence-electron chi connectivity index (χ1n) is 10.5. The molecule has 1 heterocycles. The number of hydrogen-bond donors (Lipinski definition) is 1. The monoisotopic (exact) mass is 494 g/mol. The number of nitrogens with zero attached hydrogens (tertiary/aromatic N) is 1. The van der Waals surface area contributed by atoms with E-state index in [0.29, 0.717) is 32.7 Å². The van der Waals surface area contributed by atoms with Gasteiger partial charge >= 0.3 is 5.97 Å². The molecule has 0 fully saturated rings. The van der Waals surface area contributed by atoms with Crippen molar-refractivity contribution in [2.24, 2.45) is 5.73 Å². The molecule has 0 aliphatic carbocycles. The van der Waals surface area contributed by atoms with Crippen molar-refractivity contribution < 1.29 is 19.0 Å². The van der Waals surface area contributed by atoms with E-state index in [-0.39, 0.29) is 23.8 Å². The molecule has 0 saturated carbocycles.